The maximum absolute atomic E-state index is 12.1. The van der Waals surface area contributed by atoms with Crippen molar-refractivity contribution in [2.45, 2.75) is 44.9 Å². The normalized spacial score (nSPS) is 16.1. The molecule has 1 N–H and O–H groups in total. The Morgan fingerprint density at radius 2 is 1.80 bits per heavy atom. The molecular formula is C19H30N2O3S. The minimum Gasteiger partial charge on any atom is -0.355 e. The molecule has 6 heteroatoms. The molecule has 0 saturated heterocycles. The van der Waals surface area contributed by atoms with Gasteiger partial charge in [-0.05, 0) is 31.2 Å². The van der Waals surface area contributed by atoms with Crippen LogP contribution >= 0.6 is 0 Å². The summed E-state index contributed by atoms with van der Waals surface area (Å²) in [6, 6.07) is 10.1. The van der Waals surface area contributed by atoms with Crippen LogP contribution in [0, 0.1) is 5.92 Å². The first-order valence-electron chi connectivity index (χ1n) is 9.23. The minimum absolute atomic E-state index is 0.0810. The lowest BCUT2D eigenvalue weighted by Gasteiger charge is -2.23. The van der Waals surface area contributed by atoms with E-state index in [-0.39, 0.29) is 11.8 Å². The molecule has 1 aliphatic rings. The zero-order valence-corrected chi connectivity index (χ0v) is 15.9. The van der Waals surface area contributed by atoms with Crippen molar-refractivity contribution in [3.63, 3.8) is 0 Å². The Morgan fingerprint density at radius 1 is 1.12 bits per heavy atom. The first kappa shape index (κ1) is 19.9. The van der Waals surface area contributed by atoms with Crippen LogP contribution in [0.15, 0.2) is 30.3 Å². The summed E-state index contributed by atoms with van der Waals surface area (Å²) in [4.78, 5) is 12.1. The maximum atomic E-state index is 12.1. The molecule has 1 fully saturated rings. The Labute approximate surface area is 151 Å². The second-order valence-corrected chi connectivity index (χ2v) is 8.86. The number of benzene rings is 1. The van der Waals surface area contributed by atoms with Crippen LogP contribution in [0.25, 0.3) is 0 Å². The van der Waals surface area contributed by atoms with Crippen LogP contribution in [-0.2, 0) is 21.2 Å². The number of carbonyl (C=O) groups excluding carboxylic acids is 1. The van der Waals surface area contributed by atoms with Crippen molar-refractivity contribution in [1.29, 1.82) is 0 Å². The summed E-state index contributed by atoms with van der Waals surface area (Å²) in [5.41, 5.74) is 1.21. The molecule has 25 heavy (non-hydrogen) atoms. The zero-order valence-electron chi connectivity index (χ0n) is 15.1. The number of aryl methyl sites for hydroxylation is 1. The van der Waals surface area contributed by atoms with E-state index in [0.717, 1.165) is 38.5 Å². The van der Waals surface area contributed by atoms with Crippen molar-refractivity contribution in [2.75, 3.05) is 25.9 Å². The lowest BCUT2D eigenvalue weighted by molar-refractivity contribution is -0.125. The molecule has 1 amide bonds. The van der Waals surface area contributed by atoms with Gasteiger partial charge in [0.05, 0.1) is 6.26 Å². The van der Waals surface area contributed by atoms with Gasteiger partial charge in [-0.1, -0.05) is 49.6 Å². The summed E-state index contributed by atoms with van der Waals surface area (Å²) in [6.45, 7) is 1.20. The molecule has 5 nitrogen and oxygen atoms in total. The number of rotatable bonds is 9. The summed E-state index contributed by atoms with van der Waals surface area (Å²) >= 11 is 0. The monoisotopic (exact) mass is 366 g/mol. The smallest absolute Gasteiger partial charge is 0.223 e. The van der Waals surface area contributed by atoms with Crippen LogP contribution in [0.2, 0.25) is 0 Å². The fourth-order valence-corrected chi connectivity index (χ4v) is 4.24. The molecule has 0 atom stereocenters. The van der Waals surface area contributed by atoms with Gasteiger partial charge in [-0.2, -0.15) is 0 Å². The summed E-state index contributed by atoms with van der Waals surface area (Å²) < 4.78 is 25.4. The molecular weight excluding hydrogens is 336 g/mol. The van der Waals surface area contributed by atoms with E-state index >= 15 is 0 Å². The molecule has 1 saturated carbocycles. The molecule has 1 aliphatic carbocycles. The van der Waals surface area contributed by atoms with E-state index in [1.54, 1.807) is 0 Å². The number of amides is 1. The Kier molecular flexibility index (Phi) is 7.90. The van der Waals surface area contributed by atoms with E-state index < -0.39 is 10.0 Å². The van der Waals surface area contributed by atoms with Crippen molar-refractivity contribution in [2.24, 2.45) is 5.92 Å². The van der Waals surface area contributed by atoms with Crippen molar-refractivity contribution in [3.8, 4) is 0 Å². The first-order chi connectivity index (χ1) is 12.0. The highest BCUT2D eigenvalue weighted by molar-refractivity contribution is 7.88. The molecule has 0 heterocycles. The number of carbonyl (C=O) groups is 1. The largest absolute Gasteiger partial charge is 0.355 e. The highest BCUT2D eigenvalue weighted by Gasteiger charge is 2.21. The van der Waals surface area contributed by atoms with Gasteiger partial charge in [0.25, 0.3) is 0 Å². The molecule has 0 spiro atoms. The number of nitrogens with one attached hydrogen (secondary N) is 1. The van der Waals surface area contributed by atoms with Crippen molar-refractivity contribution in [1.82, 2.24) is 9.62 Å². The van der Waals surface area contributed by atoms with Crippen LogP contribution in [0.4, 0.5) is 0 Å². The molecule has 0 aliphatic heterocycles. The Bertz CT molecular complexity index is 625. The van der Waals surface area contributed by atoms with Gasteiger partial charge < -0.3 is 5.32 Å². The third kappa shape index (κ3) is 7.16. The highest BCUT2D eigenvalue weighted by atomic mass is 32.2. The standard InChI is InChI=1S/C19H30N2O3S/c1-25(23,24)21(15-8-11-17-9-4-2-5-10-17)16-14-20-19(22)18-12-6-3-7-13-18/h2,4-5,9-10,18H,3,6-8,11-16H2,1H3,(H,20,22). The van der Waals surface area contributed by atoms with Gasteiger partial charge in [0.15, 0.2) is 0 Å². The lowest BCUT2D eigenvalue weighted by atomic mass is 9.89. The van der Waals surface area contributed by atoms with E-state index in [0.29, 0.717) is 19.6 Å². The topological polar surface area (TPSA) is 66.5 Å². The van der Waals surface area contributed by atoms with E-state index in [4.69, 9.17) is 0 Å². The third-order valence-electron chi connectivity index (χ3n) is 4.82. The summed E-state index contributed by atoms with van der Waals surface area (Å²) in [7, 11) is -3.26. The fourth-order valence-electron chi connectivity index (χ4n) is 3.36. The number of hydrogen-bond donors (Lipinski definition) is 1. The van der Waals surface area contributed by atoms with Crippen molar-refractivity contribution < 1.29 is 13.2 Å². The fraction of sp³-hybridized carbons (Fsp3) is 0.632. The van der Waals surface area contributed by atoms with Gasteiger partial charge in [0.2, 0.25) is 15.9 Å². The predicted molar refractivity (Wildman–Crippen MR) is 101 cm³/mol. The molecule has 0 unspecified atom stereocenters. The van der Waals surface area contributed by atoms with Gasteiger partial charge in [-0.3, -0.25) is 4.79 Å². The molecule has 1 aromatic carbocycles. The highest BCUT2D eigenvalue weighted by Crippen LogP contribution is 2.23. The summed E-state index contributed by atoms with van der Waals surface area (Å²) in [5.74, 6) is 0.191. The minimum atomic E-state index is -3.26. The third-order valence-corrected chi connectivity index (χ3v) is 6.12. The number of sulfonamides is 1. The molecule has 1 aromatic rings. The number of nitrogens with zero attached hydrogens (tertiary/aromatic N) is 1. The van der Waals surface area contributed by atoms with Gasteiger partial charge in [0, 0.05) is 25.6 Å². The summed E-state index contributed by atoms with van der Waals surface area (Å²) in [6.07, 6.45) is 8.22. The average Bonchev–Trinajstić information content (AvgIpc) is 2.61. The molecule has 140 valence electrons. The van der Waals surface area contributed by atoms with E-state index in [1.165, 1.54) is 22.5 Å². The van der Waals surface area contributed by atoms with Crippen molar-refractivity contribution in [3.05, 3.63) is 35.9 Å². The second kappa shape index (κ2) is 9.92. The quantitative estimate of drug-likeness (QED) is 0.730. The van der Waals surface area contributed by atoms with Crippen LogP contribution < -0.4 is 5.32 Å². The van der Waals surface area contributed by atoms with Gasteiger partial charge in [-0.25, -0.2) is 12.7 Å². The van der Waals surface area contributed by atoms with Crippen LogP contribution in [-0.4, -0.2) is 44.5 Å². The molecule has 0 bridgehead atoms. The van der Waals surface area contributed by atoms with E-state index in [1.807, 2.05) is 18.2 Å². The molecule has 0 radical (unpaired) electrons. The Hall–Kier alpha value is -1.40. The first-order valence-corrected chi connectivity index (χ1v) is 11.1. The average molecular weight is 367 g/mol. The van der Waals surface area contributed by atoms with E-state index in [2.05, 4.69) is 17.4 Å². The van der Waals surface area contributed by atoms with E-state index in [9.17, 15) is 13.2 Å². The zero-order chi connectivity index (χ0) is 18.1. The predicted octanol–water partition coefficient (Wildman–Crippen LogP) is 2.58. The maximum Gasteiger partial charge on any atom is 0.223 e. The van der Waals surface area contributed by atoms with Crippen LogP contribution in [0.3, 0.4) is 0 Å². The molecule has 2 rings (SSSR count). The van der Waals surface area contributed by atoms with Crippen LogP contribution in [0.5, 0.6) is 0 Å². The second-order valence-electron chi connectivity index (χ2n) is 6.88. The summed E-state index contributed by atoms with van der Waals surface area (Å²) in [5, 5.41) is 2.92. The molecule has 0 aromatic heterocycles. The number of hydrogen-bond acceptors (Lipinski definition) is 3. The van der Waals surface area contributed by atoms with Gasteiger partial charge >= 0.3 is 0 Å². The Balaban J connectivity index is 1.75. The lowest BCUT2D eigenvalue weighted by Crippen LogP contribution is -2.40. The SMILES string of the molecule is CS(=O)(=O)N(CCCc1ccccc1)CCNC(=O)C1CCCCC1. The Morgan fingerprint density at radius 3 is 2.44 bits per heavy atom. The van der Waals surface area contributed by atoms with Gasteiger partial charge in [0.1, 0.15) is 0 Å². The van der Waals surface area contributed by atoms with Crippen LogP contribution in [0.1, 0.15) is 44.1 Å². The van der Waals surface area contributed by atoms with Gasteiger partial charge in [-0.15, -0.1) is 0 Å². The van der Waals surface area contributed by atoms with Crippen molar-refractivity contribution >= 4 is 15.9 Å².